The van der Waals surface area contributed by atoms with E-state index in [9.17, 15) is 9.59 Å². The molecule has 1 aliphatic rings. The van der Waals surface area contributed by atoms with Gasteiger partial charge in [-0.05, 0) is 6.92 Å². The summed E-state index contributed by atoms with van der Waals surface area (Å²) in [5.74, 6) is 0.226. The summed E-state index contributed by atoms with van der Waals surface area (Å²) >= 11 is 0. The first-order chi connectivity index (χ1) is 9.70. The molecule has 1 fully saturated rings. The Kier molecular flexibility index (Phi) is 4.70. The van der Waals surface area contributed by atoms with Crippen LogP contribution >= 0.6 is 0 Å². The van der Waals surface area contributed by atoms with E-state index < -0.39 is 0 Å². The topological polar surface area (TPSA) is 96.5 Å². The van der Waals surface area contributed by atoms with Crippen molar-refractivity contribution in [2.75, 3.05) is 38.1 Å². The number of cyclic esters (lactones) is 1. The fraction of sp³-hybridized carbons (Fsp3) is 0.500. The highest BCUT2D eigenvalue weighted by molar-refractivity contribution is 5.93. The lowest BCUT2D eigenvalue weighted by atomic mass is 10.3. The van der Waals surface area contributed by atoms with Crippen molar-refractivity contribution in [2.45, 2.75) is 6.92 Å². The molecular formula is C12H17N5O3. The van der Waals surface area contributed by atoms with E-state index >= 15 is 0 Å². The molecule has 1 saturated heterocycles. The maximum Gasteiger partial charge on any atom is 0.409 e. The van der Waals surface area contributed by atoms with E-state index in [1.807, 2.05) is 6.92 Å². The van der Waals surface area contributed by atoms with Crippen LogP contribution in [0, 0.1) is 0 Å². The summed E-state index contributed by atoms with van der Waals surface area (Å²) in [5.41, 5.74) is 0.385. The van der Waals surface area contributed by atoms with Crippen LogP contribution in [0.15, 0.2) is 12.4 Å². The Morgan fingerprint density at radius 3 is 2.80 bits per heavy atom. The maximum atomic E-state index is 11.8. The van der Waals surface area contributed by atoms with Crippen LogP contribution in [0.2, 0.25) is 0 Å². The first-order valence-electron chi connectivity index (χ1n) is 6.46. The Balaban J connectivity index is 1.78. The van der Waals surface area contributed by atoms with Gasteiger partial charge in [0.25, 0.3) is 5.91 Å². The number of hydrogen-bond acceptors (Lipinski definition) is 6. The Morgan fingerprint density at radius 2 is 2.20 bits per heavy atom. The highest BCUT2D eigenvalue weighted by Gasteiger charge is 2.21. The maximum absolute atomic E-state index is 11.8. The molecule has 108 valence electrons. The van der Waals surface area contributed by atoms with Gasteiger partial charge in [0, 0.05) is 32.0 Å². The number of aromatic nitrogens is 2. The third-order valence-corrected chi connectivity index (χ3v) is 2.76. The average Bonchev–Trinajstić information content (AvgIpc) is 2.85. The average molecular weight is 279 g/mol. The van der Waals surface area contributed by atoms with E-state index in [0.717, 1.165) is 6.54 Å². The van der Waals surface area contributed by atoms with Gasteiger partial charge in [-0.3, -0.25) is 4.79 Å². The normalized spacial score (nSPS) is 14.1. The van der Waals surface area contributed by atoms with Gasteiger partial charge in [-0.25, -0.2) is 14.8 Å². The SMILES string of the molecule is CCNc1ncc(C(=O)NCCN2CCOC2=O)cn1. The fourth-order valence-electron chi connectivity index (χ4n) is 1.73. The highest BCUT2D eigenvalue weighted by Crippen LogP contribution is 2.02. The number of rotatable bonds is 6. The van der Waals surface area contributed by atoms with Gasteiger partial charge in [-0.1, -0.05) is 0 Å². The summed E-state index contributed by atoms with van der Waals surface area (Å²) in [6, 6.07) is 0. The van der Waals surface area contributed by atoms with E-state index in [2.05, 4.69) is 20.6 Å². The number of amides is 2. The molecule has 0 radical (unpaired) electrons. The first-order valence-corrected chi connectivity index (χ1v) is 6.46. The zero-order chi connectivity index (χ0) is 14.4. The van der Waals surface area contributed by atoms with Crippen LogP contribution in [0.5, 0.6) is 0 Å². The van der Waals surface area contributed by atoms with E-state index in [4.69, 9.17) is 4.74 Å². The largest absolute Gasteiger partial charge is 0.448 e. The molecule has 0 spiro atoms. The van der Waals surface area contributed by atoms with Gasteiger partial charge in [-0.15, -0.1) is 0 Å². The Labute approximate surface area is 116 Å². The minimum absolute atomic E-state index is 0.263. The molecule has 20 heavy (non-hydrogen) atoms. The Bertz CT molecular complexity index is 476. The lowest BCUT2D eigenvalue weighted by molar-refractivity contribution is 0.0948. The van der Waals surface area contributed by atoms with Crippen LogP contribution in [-0.2, 0) is 4.74 Å². The van der Waals surface area contributed by atoms with Crippen molar-refractivity contribution in [3.8, 4) is 0 Å². The molecule has 2 amide bonds. The van der Waals surface area contributed by atoms with Crippen molar-refractivity contribution in [1.29, 1.82) is 0 Å². The second-order valence-electron chi connectivity index (χ2n) is 4.18. The summed E-state index contributed by atoms with van der Waals surface area (Å²) in [5, 5.41) is 5.66. The highest BCUT2D eigenvalue weighted by atomic mass is 16.6. The molecule has 0 atom stereocenters. The summed E-state index contributed by atoms with van der Waals surface area (Å²) in [7, 11) is 0. The van der Waals surface area contributed by atoms with Crippen molar-refractivity contribution in [1.82, 2.24) is 20.2 Å². The molecule has 0 unspecified atom stereocenters. The van der Waals surface area contributed by atoms with Crippen LogP contribution in [0.1, 0.15) is 17.3 Å². The molecule has 1 aromatic heterocycles. The van der Waals surface area contributed by atoms with Gasteiger partial charge in [0.15, 0.2) is 0 Å². The predicted molar refractivity (Wildman–Crippen MR) is 71.4 cm³/mol. The van der Waals surface area contributed by atoms with Gasteiger partial charge in [-0.2, -0.15) is 0 Å². The standard InChI is InChI=1S/C12H17N5O3/c1-2-13-11-15-7-9(8-16-11)10(18)14-3-4-17-5-6-20-12(17)19/h7-8H,2-6H2,1H3,(H,14,18)(H,13,15,16). The summed E-state index contributed by atoms with van der Waals surface area (Å²) < 4.78 is 4.79. The molecule has 8 nitrogen and oxygen atoms in total. The second-order valence-corrected chi connectivity index (χ2v) is 4.18. The minimum Gasteiger partial charge on any atom is -0.448 e. The van der Waals surface area contributed by atoms with Crippen molar-refractivity contribution in [3.63, 3.8) is 0 Å². The predicted octanol–water partition coefficient (Wildman–Crippen LogP) is 0.0904. The summed E-state index contributed by atoms with van der Waals surface area (Å²) in [6.07, 6.45) is 2.59. The minimum atomic E-state index is -0.336. The molecule has 2 rings (SSSR count). The summed E-state index contributed by atoms with van der Waals surface area (Å²) in [6.45, 7) is 4.43. The Hall–Kier alpha value is -2.38. The van der Waals surface area contributed by atoms with Gasteiger partial charge >= 0.3 is 6.09 Å². The van der Waals surface area contributed by atoms with Crippen LogP contribution in [-0.4, -0.2) is 59.7 Å². The number of ether oxygens (including phenoxy) is 1. The number of carbonyl (C=O) groups is 2. The number of nitrogens with one attached hydrogen (secondary N) is 2. The first kappa shape index (κ1) is 14.0. The van der Waals surface area contributed by atoms with Gasteiger partial charge in [0.2, 0.25) is 5.95 Å². The third kappa shape index (κ3) is 3.56. The quantitative estimate of drug-likeness (QED) is 0.766. The van der Waals surface area contributed by atoms with E-state index in [1.165, 1.54) is 12.4 Å². The molecular weight excluding hydrogens is 262 g/mol. The monoisotopic (exact) mass is 279 g/mol. The van der Waals surface area contributed by atoms with Crippen molar-refractivity contribution >= 4 is 17.9 Å². The van der Waals surface area contributed by atoms with Gasteiger partial charge in [0.1, 0.15) is 6.61 Å². The van der Waals surface area contributed by atoms with Crippen LogP contribution in [0.3, 0.4) is 0 Å². The molecule has 2 N–H and O–H groups in total. The molecule has 8 heteroatoms. The lowest BCUT2D eigenvalue weighted by Crippen LogP contribution is -2.35. The van der Waals surface area contributed by atoms with Gasteiger partial charge in [0.05, 0.1) is 12.1 Å². The third-order valence-electron chi connectivity index (χ3n) is 2.76. The molecule has 1 aromatic rings. The van der Waals surface area contributed by atoms with E-state index in [-0.39, 0.29) is 12.0 Å². The second kappa shape index (κ2) is 6.69. The number of nitrogens with zero attached hydrogens (tertiary/aromatic N) is 3. The molecule has 1 aliphatic heterocycles. The van der Waals surface area contributed by atoms with Crippen LogP contribution in [0.25, 0.3) is 0 Å². The molecule has 0 aliphatic carbocycles. The summed E-state index contributed by atoms with van der Waals surface area (Å²) in [4.78, 5) is 32.6. The lowest BCUT2D eigenvalue weighted by Gasteiger charge is -2.12. The zero-order valence-electron chi connectivity index (χ0n) is 11.3. The van der Waals surface area contributed by atoms with Crippen molar-refractivity contribution < 1.29 is 14.3 Å². The van der Waals surface area contributed by atoms with Crippen LogP contribution in [0.4, 0.5) is 10.7 Å². The molecule has 2 heterocycles. The fourth-order valence-corrected chi connectivity index (χ4v) is 1.73. The molecule has 0 aromatic carbocycles. The van der Waals surface area contributed by atoms with Crippen molar-refractivity contribution in [3.05, 3.63) is 18.0 Å². The number of hydrogen-bond donors (Lipinski definition) is 2. The smallest absolute Gasteiger partial charge is 0.409 e. The van der Waals surface area contributed by atoms with Gasteiger partial charge < -0.3 is 20.3 Å². The number of carbonyl (C=O) groups excluding carboxylic acids is 2. The molecule has 0 saturated carbocycles. The zero-order valence-corrected chi connectivity index (χ0v) is 11.3. The van der Waals surface area contributed by atoms with E-state index in [1.54, 1.807) is 4.90 Å². The number of anilines is 1. The van der Waals surface area contributed by atoms with E-state index in [0.29, 0.717) is 37.8 Å². The molecule has 0 bridgehead atoms. The van der Waals surface area contributed by atoms with Crippen molar-refractivity contribution in [2.24, 2.45) is 0 Å². The van der Waals surface area contributed by atoms with Crippen LogP contribution < -0.4 is 10.6 Å². The Morgan fingerprint density at radius 1 is 1.45 bits per heavy atom.